The molecule has 13 aromatic heterocycles. The standard InChI is InChI=1S/2C13H17N3.2C12H18N4.2C12H16N4.C12H17N3.CH4/c2*1-8(2)12-13(9(3)4)16-11-7-14-6-5-10(11)15-12;1-7(2)10-11(8(3)4)14-12-9(13-10)6-16(5)15-12;1-7(2)10-11(8(3)4)15-12-9(14-10)6-13-16(12)5;1-7(2)9-10(8(3)4)16-12-11(15-9)13-5-6-14-12;1-7(2)10-11(8(3)4)15-12-9(14-10)5-6-13-16-12;1-7(2)11-12(8(3)4)15-10-6-13-5-9(10)14-11;/h2*5-9H,1-4H3;2*6-8H,1-5H3;2*5-8H,1-4H3;5,7-8H,6H2,1-4H3;1H4. The Hall–Kier alpha value is -10.3. The molecule has 0 radical (unpaired) electrons. The van der Waals surface area contributed by atoms with Crippen molar-refractivity contribution in [1.29, 1.82) is 0 Å². The summed E-state index contributed by atoms with van der Waals surface area (Å²) < 4.78 is 3.54. The van der Waals surface area contributed by atoms with Gasteiger partial charge >= 0.3 is 0 Å². The third kappa shape index (κ3) is 22.3. The van der Waals surface area contributed by atoms with Crippen LogP contribution in [0.5, 0.6) is 0 Å². The summed E-state index contributed by atoms with van der Waals surface area (Å²) in [5.41, 5.74) is 26.9. The highest BCUT2D eigenvalue weighted by Gasteiger charge is 2.24. The molecule has 0 aromatic carbocycles. The van der Waals surface area contributed by atoms with E-state index in [1.165, 1.54) is 0 Å². The van der Waals surface area contributed by atoms with E-state index in [-0.39, 0.29) is 7.43 Å². The number of aromatic nitrogens is 24. The Bertz CT molecular complexity index is 4640. The van der Waals surface area contributed by atoms with Gasteiger partial charge in [0, 0.05) is 45.1 Å². The average molecular weight is 1520 g/mol. The van der Waals surface area contributed by atoms with E-state index in [9.17, 15) is 0 Å². The largest absolute Gasteiger partial charge is 0.284 e. The van der Waals surface area contributed by atoms with Gasteiger partial charge in [0.25, 0.3) is 0 Å². The number of hydrogen-bond donors (Lipinski definition) is 0. The van der Waals surface area contributed by atoms with Crippen LogP contribution in [0.25, 0.3) is 66.9 Å². The summed E-state index contributed by atoms with van der Waals surface area (Å²) >= 11 is 0. The third-order valence-electron chi connectivity index (χ3n) is 18.1. The lowest BCUT2D eigenvalue weighted by Gasteiger charge is -2.14. The van der Waals surface area contributed by atoms with Crippen LogP contribution >= 0.6 is 0 Å². The normalized spacial score (nSPS) is 11.9. The van der Waals surface area contributed by atoms with Gasteiger partial charge in [0.05, 0.1) is 134 Å². The zero-order chi connectivity index (χ0) is 81.6. The monoisotopic (exact) mass is 1520 g/mol. The van der Waals surface area contributed by atoms with Crippen LogP contribution < -0.4 is 0 Å². The van der Waals surface area contributed by atoms with Crippen molar-refractivity contribution in [1.82, 2.24) is 119 Å². The Morgan fingerprint density at radius 1 is 0.295 bits per heavy atom. The van der Waals surface area contributed by atoms with E-state index < -0.39 is 0 Å². The lowest BCUT2D eigenvalue weighted by Crippen LogP contribution is -2.09. The van der Waals surface area contributed by atoms with Crippen LogP contribution in [-0.4, -0.2) is 126 Å². The Morgan fingerprint density at radius 2 is 0.616 bits per heavy atom. The maximum absolute atomic E-state index is 4.69. The van der Waals surface area contributed by atoms with Crippen molar-refractivity contribution < 1.29 is 0 Å². The second-order valence-corrected chi connectivity index (χ2v) is 32.6. The third-order valence-corrected chi connectivity index (χ3v) is 18.1. The quantitative estimate of drug-likeness (QED) is 0.0976. The van der Waals surface area contributed by atoms with Crippen LogP contribution in [0.3, 0.4) is 0 Å². The Morgan fingerprint density at radius 3 is 1.03 bits per heavy atom. The Labute approximate surface area is 664 Å². The van der Waals surface area contributed by atoms with Gasteiger partial charge in [-0.05, 0) is 101 Å². The summed E-state index contributed by atoms with van der Waals surface area (Å²) in [4.78, 5) is 85.8. The highest BCUT2D eigenvalue weighted by Crippen LogP contribution is 2.32. The first kappa shape index (κ1) is 88.9. The number of rotatable bonds is 14. The number of aliphatic imine (C=N–C) groups is 1. The van der Waals surface area contributed by atoms with E-state index in [1.54, 1.807) is 58.9 Å². The average Bonchev–Trinajstić information content (AvgIpc) is 1.64. The fourth-order valence-corrected chi connectivity index (χ4v) is 12.4. The second-order valence-electron chi connectivity index (χ2n) is 32.6. The van der Waals surface area contributed by atoms with Crippen molar-refractivity contribution in [2.75, 3.05) is 0 Å². The molecule has 0 bridgehead atoms. The van der Waals surface area contributed by atoms with Crippen molar-refractivity contribution >= 4 is 73.1 Å². The van der Waals surface area contributed by atoms with Crippen molar-refractivity contribution in [3.05, 3.63) is 165 Å². The maximum Gasteiger partial charge on any atom is 0.200 e. The minimum absolute atomic E-state index is 0. The summed E-state index contributed by atoms with van der Waals surface area (Å²) in [5, 5.41) is 16.3. The number of nitrogens with zero attached hydrogens (tertiary/aromatic N) is 25. The van der Waals surface area contributed by atoms with Crippen LogP contribution in [0.1, 0.15) is 375 Å². The molecule has 1 aliphatic rings. The van der Waals surface area contributed by atoms with Crippen molar-refractivity contribution in [3.8, 4) is 0 Å². The van der Waals surface area contributed by atoms with Gasteiger partial charge in [-0.2, -0.15) is 15.3 Å². The van der Waals surface area contributed by atoms with E-state index in [1.807, 2.05) is 44.7 Å². The molecule has 112 heavy (non-hydrogen) atoms. The molecule has 1 aliphatic heterocycles. The maximum atomic E-state index is 4.69. The predicted octanol–water partition coefficient (Wildman–Crippen LogP) is 20.4. The van der Waals surface area contributed by atoms with Gasteiger partial charge < -0.3 is 0 Å². The second kappa shape index (κ2) is 39.7. The smallest absolute Gasteiger partial charge is 0.200 e. The lowest BCUT2D eigenvalue weighted by atomic mass is 10.00. The minimum atomic E-state index is 0. The number of hydrogen-bond acceptors (Lipinski definition) is 23. The Kier molecular flexibility index (Phi) is 31.5. The molecule has 0 aliphatic carbocycles. The molecular weight excluding hydrogens is 1400 g/mol. The van der Waals surface area contributed by atoms with Gasteiger partial charge in [0.15, 0.2) is 22.6 Å². The van der Waals surface area contributed by atoms with Gasteiger partial charge in [0.1, 0.15) is 33.3 Å². The van der Waals surface area contributed by atoms with E-state index in [0.29, 0.717) is 106 Å². The highest BCUT2D eigenvalue weighted by atomic mass is 15.3. The molecular formula is C87H123N25. The molecule has 0 N–H and O–H groups in total. The lowest BCUT2D eigenvalue weighted by molar-refractivity contribution is 0.715. The molecule has 14 rings (SSSR count). The molecule has 0 fully saturated rings. The van der Waals surface area contributed by atoms with E-state index in [4.69, 9.17) is 15.0 Å². The predicted molar refractivity (Wildman–Crippen MR) is 455 cm³/mol. The van der Waals surface area contributed by atoms with Gasteiger partial charge in [-0.3, -0.25) is 24.6 Å². The molecule has 596 valence electrons. The van der Waals surface area contributed by atoms with Crippen molar-refractivity contribution in [3.63, 3.8) is 0 Å². The highest BCUT2D eigenvalue weighted by molar-refractivity contribution is 5.81. The Balaban J connectivity index is 0.000000181. The molecule has 0 saturated carbocycles. The van der Waals surface area contributed by atoms with E-state index in [2.05, 4.69) is 294 Å². The number of aryl methyl sites for hydroxylation is 2. The number of pyridine rings is 2. The van der Waals surface area contributed by atoms with Crippen molar-refractivity contribution in [2.45, 2.75) is 291 Å². The van der Waals surface area contributed by atoms with Crippen LogP contribution in [0.2, 0.25) is 0 Å². The van der Waals surface area contributed by atoms with Crippen LogP contribution in [0, 0.1) is 0 Å². The molecule has 0 amide bonds. The molecule has 0 spiro atoms. The molecule has 25 heteroatoms. The first-order chi connectivity index (χ1) is 52.5. The van der Waals surface area contributed by atoms with Gasteiger partial charge in [0.2, 0.25) is 5.65 Å². The molecule has 13 aromatic rings. The summed E-state index contributed by atoms with van der Waals surface area (Å²) in [6, 6.07) is 5.68. The molecule has 0 saturated heterocycles. The first-order valence-corrected chi connectivity index (χ1v) is 39.5. The van der Waals surface area contributed by atoms with Gasteiger partial charge in [-0.15, -0.1) is 5.10 Å². The topological polar surface area (TPSA) is 306 Å². The van der Waals surface area contributed by atoms with Crippen LogP contribution in [-0.2, 0) is 20.6 Å². The summed E-state index contributed by atoms with van der Waals surface area (Å²) in [7, 11) is 3.80. The first-order valence-electron chi connectivity index (χ1n) is 39.5. The van der Waals surface area contributed by atoms with E-state index >= 15 is 0 Å². The zero-order valence-corrected chi connectivity index (χ0v) is 71.5. The van der Waals surface area contributed by atoms with Gasteiger partial charge in [-0.1, -0.05) is 201 Å². The zero-order valence-electron chi connectivity index (χ0n) is 71.5. The SMILES string of the molecule is C.CC(C)c1nc2c(nc1C(C)C)CN=C2.CC(C)c1nc2ccncc2nc1C(C)C.CC(C)c1nc2ccncc2nc1C(C)C.CC(C)c1nc2ccnnc2nc1C(C)C.CC(C)c1nc2cn(C)nc2nc1C(C)C.CC(C)c1nc2cnn(C)c2nc1C(C)C.CC(C)c1nc2nccnc2nc1C(C)C. The number of fused-ring (bicyclic) bond motifs is 7. The fourth-order valence-electron chi connectivity index (χ4n) is 12.4. The summed E-state index contributed by atoms with van der Waals surface area (Å²) in [6.45, 7) is 60.8. The molecule has 25 nitrogen and oxygen atoms in total. The van der Waals surface area contributed by atoms with Gasteiger partial charge in [-0.25, -0.2) is 79.4 Å². The molecule has 0 atom stereocenters. The summed E-state index contributed by atoms with van der Waals surface area (Å²) in [5.74, 6) is 5.49. The minimum Gasteiger partial charge on any atom is -0.284 e. The molecule has 0 unspecified atom stereocenters. The van der Waals surface area contributed by atoms with Crippen LogP contribution in [0.4, 0.5) is 0 Å². The van der Waals surface area contributed by atoms with Crippen molar-refractivity contribution in [2.24, 2.45) is 19.1 Å². The summed E-state index contributed by atoms with van der Waals surface area (Å²) in [6.07, 6.45) is 17.5. The molecule has 14 heterocycles. The fraction of sp³-hybridized carbons (Fsp3) is 0.529. The van der Waals surface area contributed by atoms with Crippen LogP contribution in [0.15, 0.2) is 79.0 Å². The van der Waals surface area contributed by atoms with E-state index in [0.717, 1.165) is 141 Å².